The molecule has 8 heteroatoms. The fourth-order valence-corrected chi connectivity index (χ4v) is 3.90. The molecule has 0 aliphatic carbocycles. The number of hydrogen-bond donors (Lipinski definition) is 0. The lowest BCUT2D eigenvalue weighted by Crippen LogP contribution is -2.34. The minimum atomic E-state index is -0.766. The first-order valence-corrected chi connectivity index (χ1v) is 10.2. The van der Waals surface area contributed by atoms with E-state index in [4.69, 9.17) is 25.8 Å². The Morgan fingerprint density at radius 3 is 2.78 bits per heavy atom. The molecule has 2 atom stereocenters. The third kappa shape index (κ3) is 4.26. The molecule has 1 aromatic heterocycles. The van der Waals surface area contributed by atoms with Gasteiger partial charge in [0.05, 0.1) is 31.0 Å². The van der Waals surface area contributed by atoms with Crippen LogP contribution in [-0.4, -0.2) is 43.5 Å². The average Bonchev–Trinajstić information content (AvgIpc) is 2.80. The van der Waals surface area contributed by atoms with Crippen molar-refractivity contribution in [3.8, 4) is 17.7 Å². The van der Waals surface area contributed by atoms with Crippen LogP contribution < -0.4 is 9.47 Å². The fourth-order valence-electron chi connectivity index (χ4n) is 3.90. The van der Waals surface area contributed by atoms with Gasteiger partial charge in [0.15, 0.2) is 6.61 Å². The van der Waals surface area contributed by atoms with E-state index in [9.17, 15) is 10.1 Å². The molecule has 0 amide bonds. The van der Waals surface area contributed by atoms with Crippen molar-refractivity contribution in [3.05, 3.63) is 58.1 Å². The van der Waals surface area contributed by atoms with Crippen LogP contribution in [0.25, 0.3) is 4.85 Å². The summed E-state index contributed by atoms with van der Waals surface area (Å²) in [4.78, 5) is 25.6. The summed E-state index contributed by atoms with van der Waals surface area (Å²) in [5.41, 5.74) is 3.94. The van der Waals surface area contributed by atoms with Gasteiger partial charge in [-0.25, -0.2) is 11.6 Å². The van der Waals surface area contributed by atoms with Crippen LogP contribution in [0.2, 0.25) is 0 Å². The second-order valence-corrected chi connectivity index (χ2v) is 7.27. The summed E-state index contributed by atoms with van der Waals surface area (Å²) in [6.45, 7) is 13.0. The topological polar surface area (TPSA) is 98.2 Å². The highest BCUT2D eigenvalue weighted by Gasteiger charge is 2.42. The highest BCUT2D eigenvalue weighted by atomic mass is 16.5. The highest BCUT2D eigenvalue weighted by Crippen LogP contribution is 2.49. The number of nitrogens with zero attached hydrogens (tertiary/aromatic N) is 4. The van der Waals surface area contributed by atoms with Crippen LogP contribution in [0.4, 0.5) is 5.69 Å². The fraction of sp³-hybridized carbons (Fsp3) is 0.375. The largest absolute Gasteiger partial charge is 0.496 e. The van der Waals surface area contributed by atoms with E-state index < -0.39 is 17.8 Å². The van der Waals surface area contributed by atoms with E-state index in [0.717, 1.165) is 5.56 Å². The number of benzene rings is 1. The summed E-state index contributed by atoms with van der Waals surface area (Å²) < 4.78 is 16.8. The van der Waals surface area contributed by atoms with E-state index in [1.807, 2.05) is 13.8 Å². The molecule has 0 saturated carbocycles. The predicted molar refractivity (Wildman–Crippen MR) is 118 cm³/mol. The van der Waals surface area contributed by atoms with E-state index in [1.54, 1.807) is 31.3 Å². The molecule has 8 nitrogen and oxygen atoms in total. The lowest BCUT2D eigenvalue weighted by molar-refractivity contribution is -0.146. The quantitative estimate of drug-likeness (QED) is 0.373. The standard InChI is InChI=1S/C24H24N4O4/c1-6-31-23-21-20(17-8-7-16(12-25)11-18(17)30-5)19(24(29)32-10-9-26-4)15(3)28-22(21)14(2)13-27-23/h7-8,11,13,19-20H,6,9-10H2,1-3,5H3. The molecule has 0 fully saturated rings. The maximum Gasteiger partial charge on any atom is 0.315 e. The first kappa shape index (κ1) is 22.8. The van der Waals surface area contributed by atoms with Crippen molar-refractivity contribution < 1.29 is 19.0 Å². The summed E-state index contributed by atoms with van der Waals surface area (Å²) >= 11 is 0. The molecule has 1 aliphatic heterocycles. The van der Waals surface area contributed by atoms with Gasteiger partial charge in [-0.3, -0.25) is 9.79 Å². The van der Waals surface area contributed by atoms with Crippen molar-refractivity contribution in [1.29, 1.82) is 5.26 Å². The van der Waals surface area contributed by atoms with Crippen molar-refractivity contribution >= 4 is 17.4 Å². The molecule has 164 valence electrons. The number of rotatable bonds is 7. The Morgan fingerprint density at radius 1 is 1.34 bits per heavy atom. The molecule has 0 bridgehead atoms. The Balaban J connectivity index is 2.27. The van der Waals surface area contributed by atoms with Gasteiger partial charge in [-0.15, -0.1) is 0 Å². The molecule has 2 unspecified atom stereocenters. The number of aromatic nitrogens is 1. The molecule has 1 aliphatic rings. The van der Waals surface area contributed by atoms with Gasteiger partial charge in [0, 0.05) is 29.0 Å². The number of ether oxygens (including phenoxy) is 3. The molecule has 0 saturated heterocycles. The third-order valence-corrected chi connectivity index (χ3v) is 5.30. The van der Waals surface area contributed by atoms with Crippen LogP contribution >= 0.6 is 0 Å². The molecule has 2 aromatic rings. The minimum absolute atomic E-state index is 0.000576. The number of fused-ring (bicyclic) bond motifs is 1. The molecule has 2 heterocycles. The molecule has 1 aromatic carbocycles. The van der Waals surface area contributed by atoms with Gasteiger partial charge >= 0.3 is 5.97 Å². The first-order valence-electron chi connectivity index (χ1n) is 10.2. The summed E-state index contributed by atoms with van der Waals surface area (Å²) in [7, 11) is 1.52. The van der Waals surface area contributed by atoms with Gasteiger partial charge in [0.1, 0.15) is 11.7 Å². The molecule has 0 N–H and O–H groups in total. The van der Waals surface area contributed by atoms with E-state index >= 15 is 0 Å². The van der Waals surface area contributed by atoms with E-state index in [-0.39, 0.29) is 13.2 Å². The summed E-state index contributed by atoms with van der Waals surface area (Å²) in [5.74, 6) is -0.948. The number of carbonyl (C=O) groups is 1. The lowest BCUT2D eigenvalue weighted by atomic mass is 9.75. The second-order valence-electron chi connectivity index (χ2n) is 7.27. The molecular weight excluding hydrogens is 408 g/mol. The first-order chi connectivity index (χ1) is 15.5. The second kappa shape index (κ2) is 9.93. The van der Waals surface area contributed by atoms with Crippen LogP contribution in [0.15, 0.2) is 29.4 Å². The van der Waals surface area contributed by atoms with Gasteiger partial charge in [0.2, 0.25) is 12.4 Å². The summed E-state index contributed by atoms with van der Waals surface area (Å²) in [6.07, 6.45) is 1.70. The molecule has 32 heavy (non-hydrogen) atoms. The number of aryl methyl sites for hydroxylation is 1. The average molecular weight is 432 g/mol. The zero-order valence-corrected chi connectivity index (χ0v) is 18.5. The Kier molecular flexibility index (Phi) is 7.07. The number of hydrogen-bond acceptors (Lipinski definition) is 7. The van der Waals surface area contributed by atoms with Crippen LogP contribution in [0.3, 0.4) is 0 Å². The van der Waals surface area contributed by atoms with Gasteiger partial charge in [0.25, 0.3) is 0 Å². The number of aliphatic imine (C=N–C) groups is 1. The SMILES string of the molecule is [C-]#[N+]CCOC(=O)C1C(C)=Nc2c(C)cnc(OCC)c2C1c1ccc(C#N)cc1OC. The van der Waals surface area contributed by atoms with Crippen molar-refractivity contribution in [1.82, 2.24) is 4.98 Å². The number of methoxy groups -OCH3 is 1. The van der Waals surface area contributed by atoms with Gasteiger partial charge < -0.3 is 19.1 Å². The zero-order chi connectivity index (χ0) is 23.3. The van der Waals surface area contributed by atoms with Crippen LogP contribution in [0.5, 0.6) is 11.6 Å². The minimum Gasteiger partial charge on any atom is -0.496 e. The lowest BCUT2D eigenvalue weighted by Gasteiger charge is -2.33. The van der Waals surface area contributed by atoms with Crippen LogP contribution in [0, 0.1) is 30.7 Å². The Bertz CT molecular complexity index is 1140. The van der Waals surface area contributed by atoms with Crippen molar-refractivity contribution in [3.63, 3.8) is 0 Å². The monoisotopic (exact) mass is 432 g/mol. The van der Waals surface area contributed by atoms with Crippen molar-refractivity contribution in [2.75, 3.05) is 26.9 Å². The maximum atomic E-state index is 13.2. The van der Waals surface area contributed by atoms with Crippen molar-refractivity contribution in [2.24, 2.45) is 10.9 Å². The Hall–Kier alpha value is -3.91. The normalized spacial score (nSPS) is 16.8. The van der Waals surface area contributed by atoms with E-state index in [1.165, 1.54) is 7.11 Å². The molecule has 0 spiro atoms. The third-order valence-electron chi connectivity index (χ3n) is 5.30. The van der Waals surface area contributed by atoms with Gasteiger partial charge in [-0.05, 0) is 38.5 Å². The molecular formula is C24H24N4O4. The number of esters is 1. The summed E-state index contributed by atoms with van der Waals surface area (Å²) in [5, 5.41) is 9.32. The summed E-state index contributed by atoms with van der Waals surface area (Å²) in [6, 6.07) is 7.21. The smallest absolute Gasteiger partial charge is 0.315 e. The van der Waals surface area contributed by atoms with Gasteiger partial charge in [-0.1, -0.05) is 6.07 Å². The van der Waals surface area contributed by atoms with Crippen LogP contribution in [0.1, 0.15) is 42.0 Å². The predicted octanol–water partition coefficient (Wildman–Crippen LogP) is 3.99. The number of nitriles is 1. The molecule has 0 radical (unpaired) electrons. The highest BCUT2D eigenvalue weighted by molar-refractivity contribution is 6.05. The van der Waals surface area contributed by atoms with Crippen LogP contribution in [-0.2, 0) is 9.53 Å². The maximum absolute atomic E-state index is 13.2. The Morgan fingerprint density at radius 2 is 2.12 bits per heavy atom. The van der Waals surface area contributed by atoms with E-state index in [0.29, 0.717) is 46.3 Å². The number of carbonyl (C=O) groups excluding carboxylic acids is 1. The Labute approximate surface area is 187 Å². The molecule has 3 rings (SSSR count). The van der Waals surface area contributed by atoms with Gasteiger partial charge in [-0.2, -0.15) is 5.26 Å². The van der Waals surface area contributed by atoms with Crippen molar-refractivity contribution in [2.45, 2.75) is 26.7 Å². The number of pyridine rings is 1. The zero-order valence-electron chi connectivity index (χ0n) is 18.5. The van der Waals surface area contributed by atoms with E-state index in [2.05, 4.69) is 15.9 Å².